The summed E-state index contributed by atoms with van der Waals surface area (Å²) in [7, 11) is 1.61. The van der Waals surface area contributed by atoms with Crippen LogP contribution in [0.2, 0.25) is 5.02 Å². The Labute approximate surface area is 177 Å². The molecule has 1 heterocycles. The molecule has 0 unspecified atom stereocenters. The van der Waals surface area contributed by atoms with E-state index in [1.807, 2.05) is 12.1 Å². The Morgan fingerprint density at radius 1 is 1.17 bits per heavy atom. The topological polar surface area (TPSA) is 61.9 Å². The predicted octanol–water partition coefficient (Wildman–Crippen LogP) is 3.67. The van der Waals surface area contributed by atoms with Gasteiger partial charge < -0.3 is 19.9 Å². The van der Waals surface area contributed by atoms with Crippen LogP contribution in [0.1, 0.15) is 43.6 Å². The summed E-state index contributed by atoms with van der Waals surface area (Å²) in [4.78, 5) is 27.8. The van der Waals surface area contributed by atoms with Crippen LogP contribution in [0.3, 0.4) is 0 Å². The van der Waals surface area contributed by atoms with Crippen molar-refractivity contribution in [2.45, 2.75) is 38.0 Å². The number of benzene rings is 1. The highest BCUT2D eigenvalue weighted by Gasteiger charge is 2.24. The number of anilines is 1. The second-order valence-electron chi connectivity index (χ2n) is 7.67. The zero-order valence-electron chi connectivity index (χ0n) is 17.1. The van der Waals surface area contributed by atoms with Gasteiger partial charge in [0.15, 0.2) is 0 Å². The van der Waals surface area contributed by atoms with E-state index in [2.05, 4.69) is 11.9 Å². The summed E-state index contributed by atoms with van der Waals surface area (Å²) in [5.74, 6) is 1.03. The van der Waals surface area contributed by atoms with Gasteiger partial charge in [0.05, 0.1) is 19.3 Å². The summed E-state index contributed by atoms with van der Waals surface area (Å²) < 4.78 is 5.47. The monoisotopic (exact) mass is 419 g/mol. The minimum absolute atomic E-state index is 0.00641. The summed E-state index contributed by atoms with van der Waals surface area (Å²) in [6, 6.07) is 3.89. The summed E-state index contributed by atoms with van der Waals surface area (Å²) in [6.07, 6.45) is 7.37. The third-order valence-corrected chi connectivity index (χ3v) is 6.24. The maximum absolute atomic E-state index is 12.6. The summed E-state index contributed by atoms with van der Waals surface area (Å²) in [6.45, 7) is 5.83. The van der Waals surface area contributed by atoms with Gasteiger partial charge in [-0.05, 0) is 36.5 Å². The largest absolute Gasteiger partial charge is 0.495 e. The zero-order valence-corrected chi connectivity index (χ0v) is 17.8. The Bertz CT molecular complexity index is 754. The van der Waals surface area contributed by atoms with Crippen molar-refractivity contribution in [1.29, 1.82) is 0 Å². The van der Waals surface area contributed by atoms with Crippen molar-refractivity contribution in [3.63, 3.8) is 0 Å². The molecule has 1 saturated carbocycles. The van der Waals surface area contributed by atoms with Crippen molar-refractivity contribution in [2.75, 3.05) is 45.2 Å². The van der Waals surface area contributed by atoms with Crippen LogP contribution in [0.5, 0.6) is 5.75 Å². The van der Waals surface area contributed by atoms with Crippen LogP contribution >= 0.6 is 11.6 Å². The molecule has 0 aromatic heterocycles. The van der Waals surface area contributed by atoms with Crippen LogP contribution in [-0.4, -0.2) is 61.4 Å². The van der Waals surface area contributed by atoms with Gasteiger partial charge in [-0.15, -0.1) is 0 Å². The molecule has 1 N–H and O–H groups in total. The molecule has 2 aliphatic rings. The number of ether oxygens (including phenoxy) is 1. The molecule has 158 valence electrons. The highest BCUT2D eigenvalue weighted by Crippen LogP contribution is 2.40. The molecule has 6 nitrogen and oxygen atoms in total. The fourth-order valence-electron chi connectivity index (χ4n) is 4.19. The first-order valence-corrected chi connectivity index (χ1v) is 10.7. The molecule has 1 saturated heterocycles. The lowest BCUT2D eigenvalue weighted by Gasteiger charge is -2.34. The van der Waals surface area contributed by atoms with Crippen LogP contribution in [0.25, 0.3) is 0 Å². The van der Waals surface area contributed by atoms with Crippen molar-refractivity contribution in [3.8, 4) is 5.75 Å². The van der Waals surface area contributed by atoms with Crippen LogP contribution in [-0.2, 0) is 9.59 Å². The highest BCUT2D eigenvalue weighted by molar-refractivity contribution is 6.31. The molecule has 3 rings (SSSR count). The second kappa shape index (κ2) is 10.0. The number of carbonyl (C=O) groups excluding carboxylic acids is 2. The third kappa shape index (κ3) is 5.24. The number of piperazine rings is 1. The van der Waals surface area contributed by atoms with E-state index in [0.717, 1.165) is 29.1 Å². The molecule has 1 aliphatic carbocycles. The van der Waals surface area contributed by atoms with Gasteiger partial charge in [0.2, 0.25) is 11.8 Å². The number of amides is 2. The van der Waals surface area contributed by atoms with Gasteiger partial charge in [0, 0.05) is 37.3 Å². The number of methoxy groups -OCH3 is 1. The van der Waals surface area contributed by atoms with Gasteiger partial charge >= 0.3 is 0 Å². The Balaban J connectivity index is 1.62. The molecule has 0 bridgehead atoms. The van der Waals surface area contributed by atoms with Crippen LogP contribution in [0, 0.1) is 0 Å². The maximum Gasteiger partial charge on any atom is 0.246 e. The van der Waals surface area contributed by atoms with Crippen molar-refractivity contribution in [3.05, 3.63) is 35.4 Å². The molecule has 2 fully saturated rings. The van der Waals surface area contributed by atoms with E-state index in [0.29, 0.717) is 37.8 Å². The average Bonchev–Trinajstić information content (AvgIpc) is 2.77. The minimum atomic E-state index is -0.0867. The van der Waals surface area contributed by atoms with Crippen LogP contribution in [0.4, 0.5) is 5.69 Å². The third-order valence-electron chi connectivity index (χ3n) is 5.91. The van der Waals surface area contributed by atoms with E-state index in [4.69, 9.17) is 16.3 Å². The molecular formula is C22H30ClN3O3. The maximum atomic E-state index is 12.6. The van der Waals surface area contributed by atoms with E-state index < -0.39 is 0 Å². The summed E-state index contributed by atoms with van der Waals surface area (Å²) >= 11 is 6.53. The van der Waals surface area contributed by atoms with Gasteiger partial charge in [0.25, 0.3) is 0 Å². The highest BCUT2D eigenvalue weighted by atomic mass is 35.5. The summed E-state index contributed by atoms with van der Waals surface area (Å²) in [5.41, 5.74) is 1.94. The lowest BCUT2D eigenvalue weighted by molar-refractivity contribution is -0.135. The lowest BCUT2D eigenvalue weighted by atomic mass is 9.84. The first kappa shape index (κ1) is 21.5. The molecule has 1 aliphatic heterocycles. The Morgan fingerprint density at radius 3 is 2.45 bits per heavy atom. The van der Waals surface area contributed by atoms with Gasteiger partial charge in [-0.3, -0.25) is 9.59 Å². The predicted molar refractivity (Wildman–Crippen MR) is 116 cm³/mol. The van der Waals surface area contributed by atoms with Crippen LogP contribution in [0.15, 0.2) is 24.8 Å². The molecule has 1 aromatic rings. The normalized spacial score (nSPS) is 17.7. The first-order chi connectivity index (χ1) is 14.0. The quantitative estimate of drug-likeness (QED) is 0.714. The Kier molecular flexibility index (Phi) is 7.42. The van der Waals surface area contributed by atoms with E-state index in [1.54, 1.807) is 16.9 Å². The Morgan fingerprint density at radius 2 is 1.83 bits per heavy atom. The van der Waals surface area contributed by atoms with E-state index in [9.17, 15) is 9.59 Å². The molecule has 0 atom stereocenters. The molecule has 0 spiro atoms. The van der Waals surface area contributed by atoms with E-state index in [-0.39, 0.29) is 18.4 Å². The average molecular weight is 420 g/mol. The minimum Gasteiger partial charge on any atom is -0.495 e. The molecule has 7 heteroatoms. The fourth-order valence-corrected chi connectivity index (χ4v) is 4.50. The van der Waals surface area contributed by atoms with Crippen molar-refractivity contribution in [2.24, 2.45) is 0 Å². The van der Waals surface area contributed by atoms with E-state index >= 15 is 0 Å². The van der Waals surface area contributed by atoms with Crippen LogP contribution < -0.4 is 10.1 Å². The SMILES string of the molecule is C=CC(=O)N1CCN(C(=O)CNc2cc(C3CCCCC3)c(Cl)cc2OC)CC1. The van der Waals surface area contributed by atoms with Crippen molar-refractivity contribution in [1.82, 2.24) is 9.80 Å². The molecule has 2 amide bonds. The first-order valence-electron chi connectivity index (χ1n) is 10.3. The molecular weight excluding hydrogens is 390 g/mol. The molecule has 1 aromatic carbocycles. The van der Waals surface area contributed by atoms with Gasteiger partial charge in [-0.2, -0.15) is 0 Å². The van der Waals surface area contributed by atoms with Crippen molar-refractivity contribution >= 4 is 29.1 Å². The Hall–Kier alpha value is -2.21. The number of hydrogen-bond acceptors (Lipinski definition) is 4. The molecule has 0 radical (unpaired) electrons. The number of hydrogen-bond donors (Lipinski definition) is 1. The van der Waals surface area contributed by atoms with Crippen molar-refractivity contribution < 1.29 is 14.3 Å². The lowest BCUT2D eigenvalue weighted by Crippen LogP contribution is -2.51. The smallest absolute Gasteiger partial charge is 0.246 e. The summed E-state index contributed by atoms with van der Waals surface area (Å²) in [5, 5.41) is 3.97. The second-order valence-corrected chi connectivity index (χ2v) is 8.08. The fraction of sp³-hybridized carbons (Fsp3) is 0.545. The van der Waals surface area contributed by atoms with Gasteiger partial charge in [0.1, 0.15) is 5.75 Å². The number of rotatable bonds is 6. The number of carbonyl (C=O) groups is 2. The number of nitrogens with one attached hydrogen (secondary N) is 1. The number of halogens is 1. The molecule has 29 heavy (non-hydrogen) atoms. The standard InChI is InChI=1S/C22H30ClN3O3/c1-3-21(27)25-9-11-26(12-10-25)22(28)15-24-19-13-17(16-7-5-4-6-8-16)18(23)14-20(19)29-2/h3,13-14,16,24H,1,4-12,15H2,2H3. The van der Waals surface area contributed by atoms with Gasteiger partial charge in [-0.1, -0.05) is 37.4 Å². The van der Waals surface area contributed by atoms with E-state index in [1.165, 1.54) is 25.3 Å². The number of nitrogens with zero attached hydrogens (tertiary/aromatic N) is 2. The zero-order chi connectivity index (χ0) is 20.8. The van der Waals surface area contributed by atoms with Gasteiger partial charge in [-0.25, -0.2) is 0 Å².